The molecule has 2 bridgehead atoms. The molecule has 4 aromatic rings. The van der Waals surface area contributed by atoms with Gasteiger partial charge in [0.15, 0.2) is 5.65 Å². The van der Waals surface area contributed by atoms with Crippen molar-refractivity contribution in [3.05, 3.63) is 39.9 Å². The molecular formula is C33H46ClN7O4Si. The summed E-state index contributed by atoms with van der Waals surface area (Å²) in [6.07, 6.45) is 5.95. The van der Waals surface area contributed by atoms with Gasteiger partial charge in [-0.15, -0.1) is 0 Å². The molecule has 0 spiro atoms. The zero-order valence-electron chi connectivity index (χ0n) is 28.4. The van der Waals surface area contributed by atoms with Gasteiger partial charge in [0.25, 0.3) is 5.56 Å². The van der Waals surface area contributed by atoms with E-state index < -0.39 is 25.3 Å². The second-order valence-corrected chi connectivity index (χ2v) is 21.4. The predicted molar refractivity (Wildman–Crippen MR) is 185 cm³/mol. The van der Waals surface area contributed by atoms with Crippen LogP contribution in [0.15, 0.2) is 29.3 Å². The molecule has 3 aromatic heterocycles. The minimum absolute atomic E-state index is 0.0427. The number of hydrogen-bond donors (Lipinski definition) is 1. The highest BCUT2D eigenvalue weighted by molar-refractivity contribution is 6.76. The summed E-state index contributed by atoms with van der Waals surface area (Å²) >= 11 is 6.99. The maximum atomic E-state index is 14.4. The summed E-state index contributed by atoms with van der Waals surface area (Å²) in [5.41, 5.74) is 1.50. The number of anilines is 1. The molecule has 248 valence electrons. The standard InChI is InChI=1S/C33H46ClN7O4Si/c1-32(2,3)45-31(43)36-33(4)16-20-10-13-25(33)41(20)30-35-28-26(29(42)39(30)6)22(18-40(28)19-44-14-15-46(7,8)9)21-11-12-24-23(27(21)34)17-38(5)37-24/h11-12,17-18,20,25H,10,13-16,19H2,1-9H3,(H,36,43)/t20-,25+,33+/m0/s1. The monoisotopic (exact) mass is 667 g/mol. The molecule has 0 radical (unpaired) electrons. The Hall–Kier alpha value is -3.35. The smallest absolute Gasteiger partial charge is 0.408 e. The maximum Gasteiger partial charge on any atom is 0.408 e. The molecule has 2 saturated heterocycles. The van der Waals surface area contributed by atoms with Crippen molar-refractivity contribution in [1.29, 1.82) is 0 Å². The van der Waals surface area contributed by atoms with Gasteiger partial charge in [0.05, 0.1) is 27.5 Å². The number of aryl methyl sites for hydroxylation is 1. The lowest BCUT2D eigenvalue weighted by atomic mass is 9.83. The van der Waals surface area contributed by atoms with Crippen LogP contribution in [-0.2, 0) is 30.3 Å². The first-order valence-corrected chi connectivity index (χ1v) is 20.1. The molecule has 2 aliphatic heterocycles. The van der Waals surface area contributed by atoms with Gasteiger partial charge in [0.2, 0.25) is 5.95 Å². The molecule has 0 aliphatic carbocycles. The van der Waals surface area contributed by atoms with Gasteiger partial charge in [0, 0.05) is 63.7 Å². The SMILES string of the molecule is Cn1cc2c(Cl)c(-c3cn(COCC[Si](C)(C)C)c4nc(N5[C@H]6CC[C@@H]5[C@](C)(NC(=O)OC(C)(C)C)C6)n(C)c(=O)c34)ccc2n1. The number of carbonyl (C=O) groups excluding carboxylic acids is 1. The summed E-state index contributed by atoms with van der Waals surface area (Å²) in [4.78, 5) is 34.7. The Labute approximate surface area is 275 Å². The molecule has 1 N–H and O–H groups in total. The number of aromatic nitrogens is 5. The number of carbonyl (C=O) groups is 1. The number of hydrogen-bond acceptors (Lipinski definition) is 7. The van der Waals surface area contributed by atoms with Gasteiger partial charge in [-0.3, -0.25) is 14.0 Å². The van der Waals surface area contributed by atoms with Crippen LogP contribution in [-0.4, -0.2) is 67.9 Å². The third-order valence-electron chi connectivity index (χ3n) is 9.24. The van der Waals surface area contributed by atoms with Gasteiger partial charge in [-0.2, -0.15) is 10.1 Å². The van der Waals surface area contributed by atoms with Gasteiger partial charge in [-0.25, -0.2) is 4.79 Å². The first-order chi connectivity index (χ1) is 21.5. The molecule has 0 unspecified atom stereocenters. The zero-order valence-corrected chi connectivity index (χ0v) is 30.2. The van der Waals surface area contributed by atoms with Gasteiger partial charge in [-0.05, 0) is 59.1 Å². The molecule has 0 saturated carbocycles. The molecule has 2 aliphatic rings. The molecule has 5 heterocycles. The summed E-state index contributed by atoms with van der Waals surface area (Å²) in [7, 11) is 2.34. The second kappa shape index (κ2) is 11.4. The Morgan fingerprint density at radius 2 is 1.89 bits per heavy atom. The van der Waals surface area contributed by atoms with E-state index in [0.717, 1.165) is 41.8 Å². The van der Waals surface area contributed by atoms with E-state index in [2.05, 4.69) is 41.9 Å². The normalized spacial score (nSPS) is 21.6. The Kier molecular flexibility index (Phi) is 8.08. The molecular weight excluding hydrogens is 622 g/mol. The fourth-order valence-corrected chi connectivity index (χ4v) is 8.14. The minimum atomic E-state index is -1.29. The van der Waals surface area contributed by atoms with E-state index in [1.54, 1.807) is 16.3 Å². The van der Waals surface area contributed by atoms with E-state index in [-0.39, 0.29) is 24.4 Å². The number of alkyl carbamates (subject to hydrolysis) is 1. The molecule has 1 amide bonds. The molecule has 46 heavy (non-hydrogen) atoms. The number of ether oxygens (including phenoxy) is 2. The van der Waals surface area contributed by atoms with E-state index in [1.165, 1.54) is 0 Å². The van der Waals surface area contributed by atoms with Crippen molar-refractivity contribution in [2.75, 3.05) is 11.5 Å². The number of halogens is 1. The molecule has 11 nitrogen and oxygen atoms in total. The number of rotatable bonds is 8. The molecule has 13 heteroatoms. The molecule has 3 atom stereocenters. The Morgan fingerprint density at radius 3 is 2.59 bits per heavy atom. The van der Waals surface area contributed by atoms with Crippen molar-refractivity contribution >= 4 is 53.7 Å². The summed E-state index contributed by atoms with van der Waals surface area (Å²) in [5.74, 6) is 0.585. The lowest BCUT2D eigenvalue weighted by Crippen LogP contribution is -2.55. The Bertz CT molecular complexity index is 1890. The van der Waals surface area contributed by atoms with Crippen molar-refractivity contribution in [3.63, 3.8) is 0 Å². The summed E-state index contributed by atoms with van der Waals surface area (Å²) in [6, 6.07) is 4.96. The lowest BCUT2D eigenvalue weighted by Gasteiger charge is -2.35. The largest absolute Gasteiger partial charge is 0.444 e. The van der Waals surface area contributed by atoms with Crippen LogP contribution in [0.5, 0.6) is 0 Å². The number of nitrogens with one attached hydrogen (secondary N) is 1. The number of fused-ring (bicyclic) bond motifs is 4. The average molecular weight is 668 g/mol. The molecule has 6 rings (SSSR count). The van der Waals surface area contributed by atoms with Crippen LogP contribution in [0.2, 0.25) is 30.7 Å². The van der Waals surface area contributed by atoms with Crippen molar-refractivity contribution in [1.82, 2.24) is 29.2 Å². The van der Waals surface area contributed by atoms with E-state index in [9.17, 15) is 9.59 Å². The Balaban J connectivity index is 1.43. The average Bonchev–Trinajstić information content (AvgIpc) is 3.67. The van der Waals surface area contributed by atoms with Crippen molar-refractivity contribution in [2.45, 2.75) is 103 Å². The fraction of sp³-hybridized carbons (Fsp3) is 0.576. The van der Waals surface area contributed by atoms with Crippen molar-refractivity contribution in [3.8, 4) is 11.1 Å². The van der Waals surface area contributed by atoms with Crippen LogP contribution < -0.4 is 15.8 Å². The number of benzene rings is 1. The maximum absolute atomic E-state index is 14.4. The van der Waals surface area contributed by atoms with Crippen molar-refractivity contribution in [2.24, 2.45) is 14.1 Å². The van der Waals surface area contributed by atoms with E-state index in [1.807, 2.05) is 56.9 Å². The second-order valence-electron chi connectivity index (χ2n) is 15.4. The minimum Gasteiger partial charge on any atom is -0.444 e. The number of amides is 1. The third kappa shape index (κ3) is 5.95. The van der Waals surface area contributed by atoms with Crippen molar-refractivity contribution < 1.29 is 14.3 Å². The molecule has 2 fully saturated rings. The predicted octanol–water partition coefficient (Wildman–Crippen LogP) is 6.28. The summed E-state index contributed by atoms with van der Waals surface area (Å²) in [5, 5.41) is 9.50. The topological polar surface area (TPSA) is 108 Å². The Morgan fingerprint density at radius 1 is 1.15 bits per heavy atom. The highest BCUT2D eigenvalue weighted by atomic mass is 35.5. The van der Waals surface area contributed by atoms with E-state index in [0.29, 0.717) is 34.2 Å². The lowest BCUT2D eigenvalue weighted by molar-refractivity contribution is 0.0449. The summed E-state index contributed by atoms with van der Waals surface area (Å²) in [6.45, 7) is 15.5. The molecule has 1 aromatic carbocycles. The van der Waals surface area contributed by atoms with Gasteiger partial charge < -0.3 is 24.3 Å². The summed E-state index contributed by atoms with van der Waals surface area (Å²) < 4.78 is 17.1. The van der Waals surface area contributed by atoms with E-state index in [4.69, 9.17) is 26.1 Å². The van der Waals surface area contributed by atoms with E-state index >= 15 is 0 Å². The van der Waals surface area contributed by atoms with Gasteiger partial charge in [0.1, 0.15) is 12.3 Å². The van der Waals surface area contributed by atoms with Crippen LogP contribution in [0.4, 0.5) is 10.7 Å². The fourth-order valence-electron chi connectivity index (χ4n) is 7.07. The van der Waals surface area contributed by atoms with Crippen LogP contribution in [0, 0.1) is 0 Å². The van der Waals surface area contributed by atoms with Crippen LogP contribution in [0.3, 0.4) is 0 Å². The first-order valence-electron chi connectivity index (χ1n) is 16.1. The number of nitrogens with zero attached hydrogens (tertiary/aromatic N) is 6. The highest BCUT2D eigenvalue weighted by Gasteiger charge is 2.55. The van der Waals surface area contributed by atoms with Gasteiger partial charge >= 0.3 is 6.09 Å². The quantitative estimate of drug-likeness (QED) is 0.174. The van der Waals surface area contributed by atoms with Crippen LogP contribution in [0.1, 0.15) is 47.0 Å². The third-order valence-corrected chi connectivity index (χ3v) is 11.4. The van der Waals surface area contributed by atoms with Gasteiger partial charge in [-0.1, -0.05) is 37.3 Å². The van der Waals surface area contributed by atoms with Crippen LogP contribution >= 0.6 is 11.6 Å². The zero-order chi connectivity index (χ0) is 33.3. The van der Waals surface area contributed by atoms with Crippen LogP contribution in [0.25, 0.3) is 33.1 Å². The first kappa shape index (κ1) is 32.6. The highest BCUT2D eigenvalue weighted by Crippen LogP contribution is 2.46.